The van der Waals surface area contributed by atoms with Gasteiger partial charge < -0.3 is 15.7 Å². The van der Waals surface area contributed by atoms with Crippen LogP contribution in [0.1, 0.15) is 44.9 Å². The van der Waals surface area contributed by atoms with Crippen molar-refractivity contribution in [1.82, 2.24) is 10.6 Å². The largest absolute Gasteiger partial charge is 0.481 e. The number of nitrogens with one attached hydrogen (secondary N) is 2. The second kappa shape index (κ2) is 9.95. The molecule has 0 aromatic heterocycles. The van der Waals surface area contributed by atoms with Gasteiger partial charge in [-0.2, -0.15) is 11.8 Å². The number of carboxylic acid groups (broad SMARTS) is 1. The number of aliphatic carboxylic acids is 1. The fourth-order valence-electron chi connectivity index (χ4n) is 2.04. The standard InChI is InChI=1S/C13H24N2O3S/c16-12(17)5-3-1-2-4-8-14-13(18)15-11-6-9-19-10-7-11/h11H,1-10H2,(H,16,17)(H2,14,15,18). The summed E-state index contributed by atoms with van der Waals surface area (Å²) in [6.07, 6.45) is 5.88. The molecule has 5 nitrogen and oxygen atoms in total. The van der Waals surface area contributed by atoms with Crippen LogP contribution in [0.5, 0.6) is 0 Å². The number of carboxylic acids is 1. The highest BCUT2D eigenvalue weighted by atomic mass is 32.2. The predicted octanol–water partition coefficient (Wildman–Crippen LogP) is 2.22. The monoisotopic (exact) mass is 288 g/mol. The lowest BCUT2D eigenvalue weighted by Crippen LogP contribution is -2.43. The molecule has 0 aromatic carbocycles. The number of urea groups is 1. The first kappa shape index (κ1) is 16.1. The molecule has 1 heterocycles. The first-order valence-electron chi connectivity index (χ1n) is 7.02. The molecule has 2 amide bonds. The van der Waals surface area contributed by atoms with E-state index in [1.165, 1.54) is 0 Å². The summed E-state index contributed by atoms with van der Waals surface area (Å²) < 4.78 is 0. The van der Waals surface area contributed by atoms with Gasteiger partial charge in [-0.1, -0.05) is 12.8 Å². The quantitative estimate of drug-likeness (QED) is 0.598. The zero-order valence-corrected chi connectivity index (χ0v) is 12.1. The van der Waals surface area contributed by atoms with Gasteiger partial charge in [0.1, 0.15) is 0 Å². The Bertz CT molecular complexity index is 281. The van der Waals surface area contributed by atoms with Gasteiger partial charge in [-0.25, -0.2) is 4.79 Å². The van der Waals surface area contributed by atoms with Gasteiger partial charge in [-0.15, -0.1) is 0 Å². The minimum atomic E-state index is -0.733. The second-order valence-electron chi connectivity index (χ2n) is 4.84. The average molecular weight is 288 g/mol. The van der Waals surface area contributed by atoms with Crippen molar-refractivity contribution in [2.24, 2.45) is 0 Å². The number of carbonyl (C=O) groups is 2. The third kappa shape index (κ3) is 8.75. The summed E-state index contributed by atoms with van der Waals surface area (Å²) in [6.45, 7) is 0.667. The molecule has 0 aliphatic carbocycles. The van der Waals surface area contributed by atoms with E-state index in [0.717, 1.165) is 50.0 Å². The summed E-state index contributed by atoms with van der Waals surface area (Å²) in [6, 6.07) is 0.263. The molecule has 0 unspecified atom stereocenters. The number of hydrogen-bond acceptors (Lipinski definition) is 3. The number of thioether (sulfide) groups is 1. The Morgan fingerprint density at radius 3 is 2.47 bits per heavy atom. The first-order chi connectivity index (χ1) is 9.18. The van der Waals surface area contributed by atoms with Crippen molar-refractivity contribution < 1.29 is 14.7 Å². The van der Waals surface area contributed by atoms with Crippen LogP contribution in [-0.4, -0.2) is 41.2 Å². The van der Waals surface area contributed by atoms with Gasteiger partial charge in [-0.05, 0) is 37.2 Å². The van der Waals surface area contributed by atoms with Crippen molar-refractivity contribution in [3.05, 3.63) is 0 Å². The van der Waals surface area contributed by atoms with Gasteiger partial charge in [0.05, 0.1) is 0 Å². The first-order valence-corrected chi connectivity index (χ1v) is 8.18. The van der Waals surface area contributed by atoms with Crippen molar-refractivity contribution in [3.63, 3.8) is 0 Å². The molecule has 110 valence electrons. The molecule has 19 heavy (non-hydrogen) atoms. The number of carbonyl (C=O) groups excluding carboxylic acids is 1. The van der Waals surface area contributed by atoms with Crippen molar-refractivity contribution in [2.75, 3.05) is 18.1 Å². The lowest BCUT2D eigenvalue weighted by atomic mass is 10.1. The maximum atomic E-state index is 11.6. The number of unbranched alkanes of at least 4 members (excludes halogenated alkanes) is 3. The van der Waals surface area contributed by atoms with E-state index < -0.39 is 5.97 Å². The smallest absolute Gasteiger partial charge is 0.315 e. The van der Waals surface area contributed by atoms with Crippen molar-refractivity contribution in [3.8, 4) is 0 Å². The summed E-state index contributed by atoms with van der Waals surface area (Å²) in [5, 5.41) is 14.3. The second-order valence-corrected chi connectivity index (χ2v) is 6.07. The minimum absolute atomic E-state index is 0.0672. The number of amides is 2. The third-order valence-corrected chi connectivity index (χ3v) is 4.21. The van der Waals surface area contributed by atoms with E-state index in [2.05, 4.69) is 10.6 Å². The molecule has 0 spiro atoms. The van der Waals surface area contributed by atoms with Gasteiger partial charge in [0, 0.05) is 19.0 Å². The highest BCUT2D eigenvalue weighted by Gasteiger charge is 2.15. The van der Waals surface area contributed by atoms with Crippen LogP contribution in [0.4, 0.5) is 4.79 Å². The van der Waals surface area contributed by atoms with Gasteiger partial charge in [-0.3, -0.25) is 4.79 Å². The van der Waals surface area contributed by atoms with Gasteiger partial charge in [0.15, 0.2) is 0 Å². The van der Waals surface area contributed by atoms with Crippen LogP contribution in [-0.2, 0) is 4.79 Å². The summed E-state index contributed by atoms with van der Waals surface area (Å²) in [7, 11) is 0. The molecule has 0 aromatic rings. The van der Waals surface area contributed by atoms with E-state index in [1.807, 2.05) is 11.8 Å². The van der Waals surface area contributed by atoms with Gasteiger partial charge in [0.25, 0.3) is 0 Å². The fraction of sp³-hybridized carbons (Fsp3) is 0.846. The molecule has 0 radical (unpaired) electrons. The molecule has 1 aliphatic rings. The van der Waals surface area contributed by atoms with Crippen LogP contribution in [0, 0.1) is 0 Å². The summed E-state index contributed by atoms with van der Waals surface area (Å²) in [4.78, 5) is 21.9. The van der Waals surface area contributed by atoms with Gasteiger partial charge in [0.2, 0.25) is 0 Å². The van der Waals surface area contributed by atoms with E-state index in [9.17, 15) is 9.59 Å². The van der Waals surface area contributed by atoms with Crippen LogP contribution >= 0.6 is 11.8 Å². The summed E-state index contributed by atoms with van der Waals surface area (Å²) in [5.74, 6) is 1.53. The highest BCUT2D eigenvalue weighted by molar-refractivity contribution is 7.99. The van der Waals surface area contributed by atoms with Crippen LogP contribution in [0.15, 0.2) is 0 Å². The van der Waals surface area contributed by atoms with E-state index in [-0.39, 0.29) is 12.5 Å². The SMILES string of the molecule is O=C(O)CCCCCCNC(=O)NC1CCSCC1. The summed E-state index contributed by atoms with van der Waals surface area (Å²) in [5.41, 5.74) is 0. The van der Waals surface area contributed by atoms with Crippen LogP contribution < -0.4 is 10.6 Å². The maximum Gasteiger partial charge on any atom is 0.315 e. The van der Waals surface area contributed by atoms with E-state index in [1.54, 1.807) is 0 Å². The lowest BCUT2D eigenvalue weighted by Gasteiger charge is -2.22. The predicted molar refractivity (Wildman–Crippen MR) is 77.6 cm³/mol. The van der Waals surface area contributed by atoms with Crippen LogP contribution in [0.2, 0.25) is 0 Å². The van der Waals surface area contributed by atoms with Crippen LogP contribution in [0.25, 0.3) is 0 Å². The van der Waals surface area contributed by atoms with Crippen molar-refractivity contribution >= 4 is 23.8 Å². The lowest BCUT2D eigenvalue weighted by molar-refractivity contribution is -0.137. The molecule has 3 N–H and O–H groups in total. The molecular formula is C13H24N2O3S. The number of rotatable bonds is 8. The zero-order chi connectivity index (χ0) is 13.9. The van der Waals surface area contributed by atoms with E-state index >= 15 is 0 Å². The molecule has 1 rings (SSSR count). The van der Waals surface area contributed by atoms with Crippen molar-refractivity contribution in [1.29, 1.82) is 0 Å². The zero-order valence-electron chi connectivity index (χ0n) is 11.3. The van der Waals surface area contributed by atoms with Crippen LogP contribution in [0.3, 0.4) is 0 Å². The molecule has 1 fully saturated rings. The topological polar surface area (TPSA) is 78.4 Å². The average Bonchev–Trinajstić information content (AvgIpc) is 2.38. The molecule has 0 bridgehead atoms. The van der Waals surface area contributed by atoms with E-state index in [0.29, 0.717) is 12.6 Å². The Hall–Kier alpha value is -0.910. The van der Waals surface area contributed by atoms with Crippen molar-refractivity contribution in [2.45, 2.75) is 51.0 Å². The Labute approximate surface area is 118 Å². The Kier molecular flexibility index (Phi) is 8.45. The Morgan fingerprint density at radius 1 is 1.11 bits per heavy atom. The maximum absolute atomic E-state index is 11.6. The molecule has 0 atom stereocenters. The van der Waals surface area contributed by atoms with Gasteiger partial charge >= 0.3 is 12.0 Å². The van der Waals surface area contributed by atoms with E-state index in [4.69, 9.17) is 5.11 Å². The molecule has 1 saturated heterocycles. The Morgan fingerprint density at radius 2 is 1.79 bits per heavy atom. The highest BCUT2D eigenvalue weighted by Crippen LogP contribution is 2.16. The fourth-order valence-corrected chi connectivity index (χ4v) is 3.14. The number of hydrogen-bond donors (Lipinski definition) is 3. The minimum Gasteiger partial charge on any atom is -0.481 e. The Balaban J connectivity index is 1.90. The molecule has 0 saturated carbocycles. The third-order valence-electron chi connectivity index (χ3n) is 3.16. The molecule has 6 heteroatoms. The summed E-state index contributed by atoms with van der Waals surface area (Å²) >= 11 is 1.94. The normalized spacial score (nSPS) is 16.0. The molecule has 1 aliphatic heterocycles. The molecular weight excluding hydrogens is 264 g/mol.